The average Bonchev–Trinajstić information content (AvgIpc) is 3.31. The highest BCUT2D eigenvalue weighted by Gasteiger charge is 2.51. The molecule has 0 fully saturated rings. The molecule has 2 heterocycles. The maximum Gasteiger partial charge on any atom is 0.200 e. The van der Waals surface area contributed by atoms with E-state index in [0.29, 0.717) is 21.9 Å². The second kappa shape index (κ2) is 8.06. The van der Waals surface area contributed by atoms with Crippen molar-refractivity contribution in [3.05, 3.63) is 172 Å². The molecule has 0 unspecified atom stereocenters. The lowest BCUT2D eigenvalue weighted by atomic mass is 9.64. The fourth-order valence-corrected chi connectivity index (χ4v) is 7.25. The summed E-state index contributed by atoms with van der Waals surface area (Å²) >= 11 is 0. The summed E-state index contributed by atoms with van der Waals surface area (Å²) in [5.41, 5.74) is 11.0. The van der Waals surface area contributed by atoms with Crippen molar-refractivity contribution < 1.29 is 4.42 Å². The first-order valence-electron chi connectivity index (χ1n) is 13.9. The molecule has 0 radical (unpaired) electrons. The monoisotopic (exact) mass is 525 g/mol. The Balaban J connectivity index is 1.47. The summed E-state index contributed by atoms with van der Waals surface area (Å²) in [7, 11) is 0. The average molecular weight is 526 g/mol. The SMILES string of the molecule is O=c1c2ccccc2oc2cc3c(cc12)C1(c2ccccc2-3)c2ccccc2N(c2ccccc2)c2ccccc21. The van der Waals surface area contributed by atoms with Gasteiger partial charge in [-0.1, -0.05) is 91.0 Å². The third-order valence-corrected chi connectivity index (χ3v) is 8.85. The van der Waals surface area contributed by atoms with Gasteiger partial charge in [-0.05, 0) is 81.9 Å². The lowest BCUT2D eigenvalue weighted by molar-refractivity contribution is 0.659. The number of fused-ring (bicyclic) bond motifs is 11. The Morgan fingerprint density at radius 1 is 0.488 bits per heavy atom. The highest BCUT2D eigenvalue weighted by molar-refractivity contribution is 6.00. The van der Waals surface area contributed by atoms with Gasteiger partial charge in [0.2, 0.25) is 5.43 Å². The van der Waals surface area contributed by atoms with Gasteiger partial charge in [-0.3, -0.25) is 4.79 Å². The molecule has 0 saturated heterocycles. The van der Waals surface area contributed by atoms with Gasteiger partial charge in [-0.15, -0.1) is 0 Å². The van der Waals surface area contributed by atoms with E-state index in [-0.39, 0.29) is 5.43 Å². The molecule has 0 bridgehead atoms. The van der Waals surface area contributed by atoms with Gasteiger partial charge in [0, 0.05) is 5.69 Å². The second-order valence-corrected chi connectivity index (χ2v) is 10.8. The summed E-state index contributed by atoms with van der Waals surface area (Å²) in [5.74, 6) is 0. The van der Waals surface area contributed by atoms with Gasteiger partial charge >= 0.3 is 0 Å². The van der Waals surface area contributed by atoms with Gasteiger partial charge in [0.15, 0.2) is 0 Å². The molecule has 1 spiro atoms. The van der Waals surface area contributed by atoms with Crippen LogP contribution in [0.4, 0.5) is 17.1 Å². The minimum Gasteiger partial charge on any atom is -0.456 e. The molecule has 1 aliphatic heterocycles. The third-order valence-electron chi connectivity index (χ3n) is 8.85. The molecule has 0 saturated carbocycles. The lowest BCUT2D eigenvalue weighted by Gasteiger charge is -2.45. The number of hydrogen-bond acceptors (Lipinski definition) is 3. The van der Waals surface area contributed by atoms with Gasteiger partial charge in [-0.25, -0.2) is 0 Å². The molecule has 0 atom stereocenters. The topological polar surface area (TPSA) is 33.5 Å². The van der Waals surface area contributed by atoms with Crippen molar-refractivity contribution in [3.63, 3.8) is 0 Å². The Morgan fingerprint density at radius 3 is 1.85 bits per heavy atom. The smallest absolute Gasteiger partial charge is 0.200 e. The summed E-state index contributed by atoms with van der Waals surface area (Å²) in [5, 5.41) is 1.21. The molecule has 41 heavy (non-hydrogen) atoms. The van der Waals surface area contributed by atoms with Crippen molar-refractivity contribution >= 4 is 39.0 Å². The van der Waals surface area contributed by atoms with E-state index in [9.17, 15) is 4.79 Å². The number of benzene rings is 6. The van der Waals surface area contributed by atoms with Crippen LogP contribution in [0.1, 0.15) is 22.3 Å². The zero-order valence-electron chi connectivity index (χ0n) is 22.0. The van der Waals surface area contributed by atoms with Crippen LogP contribution in [0.15, 0.2) is 149 Å². The molecule has 9 rings (SSSR count). The van der Waals surface area contributed by atoms with Crippen LogP contribution in [0.3, 0.4) is 0 Å². The zero-order valence-corrected chi connectivity index (χ0v) is 22.0. The Bertz CT molecular complexity index is 2200. The Kier molecular flexibility index (Phi) is 4.41. The molecule has 1 aliphatic carbocycles. The molecule has 0 N–H and O–H groups in total. The fraction of sp³-hybridized carbons (Fsp3) is 0.0263. The minimum atomic E-state index is -0.601. The summed E-state index contributed by atoms with van der Waals surface area (Å²) in [6.07, 6.45) is 0. The second-order valence-electron chi connectivity index (χ2n) is 10.8. The fourth-order valence-electron chi connectivity index (χ4n) is 7.25. The van der Waals surface area contributed by atoms with Gasteiger partial charge in [0.25, 0.3) is 0 Å². The molecule has 192 valence electrons. The quantitative estimate of drug-likeness (QED) is 0.200. The normalized spacial score (nSPS) is 14.1. The van der Waals surface area contributed by atoms with Crippen LogP contribution in [-0.4, -0.2) is 0 Å². The van der Waals surface area contributed by atoms with E-state index in [4.69, 9.17) is 4.42 Å². The molecular formula is C38H23NO2. The standard InChI is InChI=1S/C38H23NO2/c40-37-26-15-5-11-21-35(26)41-36-23-27-25-14-4-6-16-29(25)38(32(27)22-28(36)37)30-17-7-9-19-33(30)39(24-12-2-1-3-13-24)34-20-10-8-18-31(34)38/h1-23H. The van der Waals surface area contributed by atoms with Crippen molar-refractivity contribution in [2.24, 2.45) is 0 Å². The van der Waals surface area contributed by atoms with Gasteiger partial charge < -0.3 is 9.32 Å². The van der Waals surface area contributed by atoms with Crippen LogP contribution in [0.25, 0.3) is 33.1 Å². The number of anilines is 3. The summed E-state index contributed by atoms with van der Waals surface area (Å²) in [6.45, 7) is 0. The Morgan fingerprint density at radius 2 is 1.10 bits per heavy atom. The van der Waals surface area contributed by atoms with E-state index in [1.54, 1.807) is 0 Å². The van der Waals surface area contributed by atoms with E-state index < -0.39 is 5.41 Å². The van der Waals surface area contributed by atoms with Gasteiger partial charge in [0.1, 0.15) is 11.2 Å². The third kappa shape index (κ3) is 2.80. The van der Waals surface area contributed by atoms with Gasteiger partial charge in [-0.2, -0.15) is 0 Å². The van der Waals surface area contributed by atoms with Crippen LogP contribution in [0.5, 0.6) is 0 Å². The van der Waals surface area contributed by atoms with Crippen molar-refractivity contribution in [2.75, 3.05) is 4.90 Å². The highest BCUT2D eigenvalue weighted by Crippen LogP contribution is 2.63. The molecule has 3 nitrogen and oxygen atoms in total. The zero-order chi connectivity index (χ0) is 27.1. The summed E-state index contributed by atoms with van der Waals surface area (Å²) in [4.78, 5) is 16.3. The van der Waals surface area contributed by atoms with E-state index >= 15 is 0 Å². The van der Waals surface area contributed by atoms with Crippen molar-refractivity contribution in [2.45, 2.75) is 5.41 Å². The predicted octanol–water partition coefficient (Wildman–Crippen LogP) is 9.09. The Hall–Kier alpha value is -5.41. The molecule has 1 aromatic heterocycles. The lowest BCUT2D eigenvalue weighted by Crippen LogP contribution is -2.36. The van der Waals surface area contributed by atoms with E-state index in [0.717, 1.165) is 33.8 Å². The predicted molar refractivity (Wildman–Crippen MR) is 166 cm³/mol. The maximum atomic E-state index is 13.9. The van der Waals surface area contributed by atoms with Crippen molar-refractivity contribution in [1.82, 2.24) is 0 Å². The van der Waals surface area contributed by atoms with E-state index in [1.165, 1.54) is 16.7 Å². The van der Waals surface area contributed by atoms with Crippen LogP contribution in [-0.2, 0) is 5.41 Å². The highest BCUT2D eigenvalue weighted by atomic mass is 16.3. The van der Waals surface area contributed by atoms with E-state index in [1.807, 2.05) is 24.3 Å². The number of hydrogen-bond donors (Lipinski definition) is 0. The van der Waals surface area contributed by atoms with Crippen molar-refractivity contribution in [1.29, 1.82) is 0 Å². The largest absolute Gasteiger partial charge is 0.456 e. The number of rotatable bonds is 1. The van der Waals surface area contributed by atoms with Crippen molar-refractivity contribution in [3.8, 4) is 11.1 Å². The molecular weight excluding hydrogens is 502 g/mol. The van der Waals surface area contributed by atoms with Crippen LogP contribution in [0.2, 0.25) is 0 Å². The summed E-state index contributed by atoms with van der Waals surface area (Å²) < 4.78 is 6.35. The molecule has 6 aromatic carbocycles. The minimum absolute atomic E-state index is 0.000882. The molecule has 7 aromatic rings. The first-order chi connectivity index (χ1) is 20.3. The molecule has 0 amide bonds. The first-order valence-corrected chi connectivity index (χ1v) is 13.9. The molecule has 3 heteroatoms. The van der Waals surface area contributed by atoms with Crippen LogP contribution < -0.4 is 10.3 Å². The van der Waals surface area contributed by atoms with Gasteiger partial charge in [0.05, 0.1) is 27.6 Å². The van der Waals surface area contributed by atoms with Crippen LogP contribution >= 0.6 is 0 Å². The molecule has 2 aliphatic rings. The first kappa shape index (κ1) is 22.4. The number of para-hydroxylation sites is 4. The van der Waals surface area contributed by atoms with Crippen LogP contribution in [0, 0.1) is 0 Å². The Labute approximate surface area is 236 Å². The number of nitrogens with zero attached hydrogens (tertiary/aromatic N) is 1. The summed E-state index contributed by atoms with van der Waals surface area (Å²) in [6, 6.07) is 48.3. The van der Waals surface area contributed by atoms with E-state index in [2.05, 4.69) is 120 Å². The maximum absolute atomic E-state index is 13.9.